The number of halogens is 1. The van der Waals surface area contributed by atoms with Crippen molar-refractivity contribution in [3.63, 3.8) is 0 Å². The number of amides is 3. The molecule has 0 unspecified atom stereocenters. The standard InChI is InChI=1S/C26H42BrN3O6/c1-15-17(12-28-21(31)34-24(3,4)5)16(2)19(14-30-23(33)36-26(9,10)11)20(27)18(15)13-29-22(32)35-25(6,7)8/h12-14H2,1-11H3,(H,28,31)(H,29,32)(H,30,33). The fourth-order valence-corrected chi connectivity index (χ4v) is 4.14. The predicted molar refractivity (Wildman–Crippen MR) is 143 cm³/mol. The topological polar surface area (TPSA) is 115 Å². The van der Waals surface area contributed by atoms with Crippen molar-refractivity contribution in [2.24, 2.45) is 0 Å². The van der Waals surface area contributed by atoms with E-state index in [1.165, 1.54) is 0 Å². The molecule has 1 aromatic carbocycles. The molecule has 0 saturated heterocycles. The Morgan fingerprint density at radius 3 is 1.08 bits per heavy atom. The lowest BCUT2D eigenvalue weighted by molar-refractivity contribution is 0.0513. The first-order valence-corrected chi connectivity index (χ1v) is 12.7. The molecule has 3 N–H and O–H groups in total. The summed E-state index contributed by atoms with van der Waals surface area (Å²) in [6.07, 6.45) is -1.63. The van der Waals surface area contributed by atoms with E-state index in [9.17, 15) is 14.4 Å². The Hall–Kier alpha value is -2.49. The number of hydrogen-bond acceptors (Lipinski definition) is 6. The molecule has 3 amide bonds. The minimum absolute atomic E-state index is 0.181. The smallest absolute Gasteiger partial charge is 0.407 e. The lowest BCUT2D eigenvalue weighted by atomic mass is 9.92. The molecule has 0 saturated carbocycles. The first kappa shape index (κ1) is 31.5. The van der Waals surface area contributed by atoms with Gasteiger partial charge in [0.05, 0.1) is 0 Å². The monoisotopic (exact) mass is 571 g/mol. The van der Waals surface area contributed by atoms with Gasteiger partial charge < -0.3 is 30.2 Å². The van der Waals surface area contributed by atoms with Crippen LogP contribution in [0.15, 0.2) is 4.47 Å². The molecular formula is C26H42BrN3O6. The van der Waals surface area contributed by atoms with Gasteiger partial charge in [-0.05, 0) is 104 Å². The summed E-state index contributed by atoms with van der Waals surface area (Å²) in [4.78, 5) is 36.9. The molecule has 0 fully saturated rings. The third kappa shape index (κ3) is 11.1. The van der Waals surface area contributed by atoms with Gasteiger partial charge in [-0.2, -0.15) is 0 Å². The predicted octanol–water partition coefficient (Wildman–Crippen LogP) is 6.14. The van der Waals surface area contributed by atoms with Gasteiger partial charge in [-0.15, -0.1) is 0 Å². The summed E-state index contributed by atoms with van der Waals surface area (Å²) < 4.78 is 16.8. The van der Waals surface area contributed by atoms with Crippen LogP contribution in [0.5, 0.6) is 0 Å². The van der Waals surface area contributed by atoms with Gasteiger partial charge in [0.25, 0.3) is 0 Å². The molecule has 9 nitrogen and oxygen atoms in total. The zero-order valence-corrected chi connectivity index (χ0v) is 25.0. The molecular weight excluding hydrogens is 530 g/mol. The molecule has 0 heterocycles. The molecule has 1 aromatic rings. The molecule has 0 aliphatic carbocycles. The SMILES string of the molecule is Cc1c(CNC(=O)OC(C)(C)C)c(C)c(CNC(=O)OC(C)(C)C)c(Br)c1CNC(=O)OC(C)(C)C. The van der Waals surface area contributed by atoms with Crippen LogP contribution in [0.3, 0.4) is 0 Å². The van der Waals surface area contributed by atoms with E-state index < -0.39 is 35.1 Å². The fourth-order valence-electron chi connectivity index (χ4n) is 3.27. The van der Waals surface area contributed by atoms with Gasteiger partial charge in [-0.3, -0.25) is 0 Å². The Kier molecular flexibility index (Phi) is 10.7. The number of carbonyl (C=O) groups excluding carboxylic acids is 3. The van der Waals surface area contributed by atoms with Gasteiger partial charge in [0, 0.05) is 24.1 Å². The minimum Gasteiger partial charge on any atom is -0.444 e. The Morgan fingerprint density at radius 1 is 0.583 bits per heavy atom. The summed E-state index contributed by atoms with van der Waals surface area (Å²) in [5, 5.41) is 8.38. The van der Waals surface area contributed by atoms with Crippen LogP contribution in [0.4, 0.5) is 14.4 Å². The normalized spacial score (nSPS) is 12.0. The van der Waals surface area contributed by atoms with Gasteiger partial charge in [-0.1, -0.05) is 15.9 Å². The van der Waals surface area contributed by atoms with Crippen LogP contribution in [0.25, 0.3) is 0 Å². The average Bonchev–Trinajstić information content (AvgIpc) is 2.63. The highest BCUT2D eigenvalue weighted by Gasteiger charge is 2.23. The number of nitrogens with one attached hydrogen (secondary N) is 3. The van der Waals surface area contributed by atoms with Crippen molar-refractivity contribution in [3.8, 4) is 0 Å². The van der Waals surface area contributed by atoms with Crippen molar-refractivity contribution in [1.82, 2.24) is 16.0 Å². The molecule has 204 valence electrons. The van der Waals surface area contributed by atoms with Gasteiger partial charge in [0.15, 0.2) is 0 Å². The molecule has 0 radical (unpaired) electrons. The fraction of sp³-hybridized carbons (Fsp3) is 0.654. The van der Waals surface area contributed by atoms with E-state index in [1.54, 1.807) is 62.3 Å². The molecule has 0 bridgehead atoms. The van der Waals surface area contributed by atoms with Gasteiger partial charge in [0.1, 0.15) is 16.8 Å². The van der Waals surface area contributed by atoms with Crippen molar-refractivity contribution in [2.75, 3.05) is 0 Å². The van der Waals surface area contributed by atoms with E-state index in [2.05, 4.69) is 31.9 Å². The maximum absolute atomic E-state index is 12.3. The largest absolute Gasteiger partial charge is 0.444 e. The van der Waals surface area contributed by atoms with Gasteiger partial charge >= 0.3 is 18.3 Å². The molecule has 0 aromatic heterocycles. The lowest BCUT2D eigenvalue weighted by Crippen LogP contribution is -2.34. The molecule has 0 spiro atoms. The highest BCUT2D eigenvalue weighted by atomic mass is 79.9. The van der Waals surface area contributed by atoms with Gasteiger partial charge in [-0.25, -0.2) is 14.4 Å². The minimum atomic E-state index is -0.630. The molecule has 0 aliphatic rings. The summed E-state index contributed by atoms with van der Waals surface area (Å²) in [6, 6.07) is 0. The third-order valence-electron chi connectivity index (χ3n) is 4.77. The molecule has 0 atom stereocenters. The Morgan fingerprint density at radius 2 is 0.833 bits per heavy atom. The number of benzene rings is 1. The number of alkyl carbamates (subject to hydrolysis) is 3. The van der Waals surface area contributed by atoms with Crippen LogP contribution < -0.4 is 16.0 Å². The van der Waals surface area contributed by atoms with E-state index in [1.807, 2.05) is 13.8 Å². The third-order valence-corrected chi connectivity index (χ3v) is 5.72. The summed E-state index contributed by atoms with van der Waals surface area (Å²) in [6.45, 7) is 20.5. The Labute approximate surface area is 223 Å². The van der Waals surface area contributed by atoms with E-state index in [0.717, 1.165) is 32.3 Å². The summed E-state index contributed by atoms with van der Waals surface area (Å²) >= 11 is 3.66. The van der Waals surface area contributed by atoms with Gasteiger partial charge in [0.2, 0.25) is 0 Å². The van der Waals surface area contributed by atoms with Crippen molar-refractivity contribution < 1.29 is 28.6 Å². The summed E-state index contributed by atoms with van der Waals surface area (Å²) in [5.74, 6) is 0. The average molecular weight is 573 g/mol. The second-order valence-corrected chi connectivity index (χ2v) is 12.4. The second kappa shape index (κ2) is 12.2. The van der Waals surface area contributed by atoms with E-state index in [0.29, 0.717) is 0 Å². The first-order chi connectivity index (χ1) is 16.2. The van der Waals surface area contributed by atoms with Crippen molar-refractivity contribution in [2.45, 2.75) is 113 Å². The van der Waals surface area contributed by atoms with E-state index in [4.69, 9.17) is 14.2 Å². The van der Waals surface area contributed by atoms with Crippen LogP contribution in [-0.4, -0.2) is 35.1 Å². The van der Waals surface area contributed by atoms with Crippen LogP contribution in [0, 0.1) is 13.8 Å². The molecule has 36 heavy (non-hydrogen) atoms. The van der Waals surface area contributed by atoms with Crippen LogP contribution in [0.1, 0.15) is 90.1 Å². The summed E-state index contributed by atoms with van der Waals surface area (Å²) in [5.41, 5.74) is 2.33. The van der Waals surface area contributed by atoms with Crippen molar-refractivity contribution in [3.05, 3.63) is 32.3 Å². The highest BCUT2D eigenvalue weighted by molar-refractivity contribution is 9.10. The van der Waals surface area contributed by atoms with Crippen molar-refractivity contribution >= 4 is 34.2 Å². The zero-order chi connectivity index (χ0) is 28.1. The van der Waals surface area contributed by atoms with Crippen LogP contribution >= 0.6 is 15.9 Å². The maximum Gasteiger partial charge on any atom is 0.407 e. The van der Waals surface area contributed by atoms with Crippen LogP contribution in [0.2, 0.25) is 0 Å². The Bertz CT molecular complexity index is 827. The molecule has 1 rings (SSSR count). The van der Waals surface area contributed by atoms with E-state index >= 15 is 0 Å². The highest BCUT2D eigenvalue weighted by Crippen LogP contribution is 2.32. The summed E-state index contributed by atoms with van der Waals surface area (Å²) in [7, 11) is 0. The lowest BCUT2D eigenvalue weighted by Gasteiger charge is -2.25. The number of carbonyl (C=O) groups is 3. The number of ether oxygens (including phenoxy) is 3. The number of rotatable bonds is 6. The van der Waals surface area contributed by atoms with E-state index in [-0.39, 0.29) is 19.6 Å². The Balaban J connectivity index is 3.29. The van der Waals surface area contributed by atoms with Crippen LogP contribution in [-0.2, 0) is 33.8 Å². The quantitative estimate of drug-likeness (QED) is 0.353. The first-order valence-electron chi connectivity index (χ1n) is 11.9. The molecule has 0 aliphatic heterocycles. The molecule has 10 heteroatoms. The second-order valence-electron chi connectivity index (χ2n) is 11.6. The zero-order valence-electron chi connectivity index (χ0n) is 23.4. The number of hydrogen-bond donors (Lipinski definition) is 3. The van der Waals surface area contributed by atoms with Crippen molar-refractivity contribution in [1.29, 1.82) is 0 Å². The maximum atomic E-state index is 12.3.